The van der Waals surface area contributed by atoms with Crippen LogP contribution in [0.3, 0.4) is 0 Å². The molecule has 0 N–H and O–H groups in total. The number of aldehydes is 1. The molecule has 0 aliphatic heterocycles. The van der Waals surface area contributed by atoms with E-state index in [4.69, 9.17) is 0 Å². The second-order valence-corrected chi connectivity index (χ2v) is 6.02. The first-order valence-electron chi connectivity index (χ1n) is 5.86. The second-order valence-electron chi connectivity index (χ2n) is 4.65. The standard InChI is InChI=1S/C15H16BrNO/c1-17(2)15(16)9-8-14(13(10-15)11-18)12-6-4-3-5-7-12/h3-9,11H,10H2,1-2H3. The molecule has 2 nitrogen and oxygen atoms in total. The van der Waals surface area contributed by atoms with Crippen LogP contribution in [0.1, 0.15) is 12.0 Å². The molecule has 3 heteroatoms. The number of rotatable bonds is 3. The van der Waals surface area contributed by atoms with Gasteiger partial charge in [0.2, 0.25) is 0 Å². The highest BCUT2D eigenvalue weighted by molar-refractivity contribution is 9.10. The van der Waals surface area contributed by atoms with E-state index in [1.165, 1.54) is 0 Å². The SMILES string of the molecule is CN(C)C1(Br)C=CC(c2ccccc2)=C(C=O)C1. The maximum Gasteiger partial charge on any atom is 0.146 e. The number of likely N-dealkylation sites (N-methyl/N-ethyl adjacent to an activating group) is 1. The average molecular weight is 306 g/mol. The van der Waals surface area contributed by atoms with Crippen molar-refractivity contribution in [2.24, 2.45) is 0 Å². The molecule has 0 amide bonds. The number of benzene rings is 1. The lowest BCUT2D eigenvalue weighted by atomic mass is 9.90. The number of nitrogens with zero attached hydrogens (tertiary/aromatic N) is 1. The zero-order chi connectivity index (χ0) is 13.2. The van der Waals surface area contributed by atoms with Gasteiger partial charge >= 0.3 is 0 Å². The van der Waals surface area contributed by atoms with Crippen LogP contribution in [-0.4, -0.2) is 29.7 Å². The Morgan fingerprint density at radius 3 is 2.50 bits per heavy atom. The first kappa shape index (κ1) is 13.2. The minimum Gasteiger partial charge on any atom is -0.298 e. The average Bonchev–Trinajstić information content (AvgIpc) is 2.39. The molecule has 2 rings (SSSR count). The molecule has 1 aromatic rings. The molecule has 18 heavy (non-hydrogen) atoms. The van der Waals surface area contributed by atoms with E-state index in [1.54, 1.807) is 0 Å². The number of allylic oxidation sites excluding steroid dienone is 2. The summed E-state index contributed by atoms with van der Waals surface area (Å²) >= 11 is 3.69. The highest BCUT2D eigenvalue weighted by Crippen LogP contribution is 2.37. The molecule has 0 spiro atoms. The number of carbonyl (C=O) groups excluding carboxylic acids is 1. The van der Waals surface area contributed by atoms with E-state index in [2.05, 4.69) is 26.9 Å². The third-order valence-electron chi connectivity index (χ3n) is 3.26. The fourth-order valence-corrected chi connectivity index (χ4v) is 2.49. The van der Waals surface area contributed by atoms with Crippen molar-refractivity contribution in [3.63, 3.8) is 0 Å². The van der Waals surface area contributed by atoms with Crippen molar-refractivity contribution >= 4 is 27.8 Å². The van der Waals surface area contributed by atoms with E-state index in [0.29, 0.717) is 6.42 Å². The fraction of sp³-hybridized carbons (Fsp3) is 0.267. The minimum absolute atomic E-state index is 0.262. The zero-order valence-corrected chi connectivity index (χ0v) is 12.1. The van der Waals surface area contributed by atoms with Crippen LogP contribution in [0.5, 0.6) is 0 Å². The molecule has 0 saturated heterocycles. The molecular weight excluding hydrogens is 290 g/mol. The van der Waals surface area contributed by atoms with E-state index >= 15 is 0 Å². The monoisotopic (exact) mass is 305 g/mol. The molecule has 1 aliphatic rings. The van der Waals surface area contributed by atoms with Gasteiger partial charge < -0.3 is 0 Å². The summed E-state index contributed by atoms with van der Waals surface area (Å²) in [7, 11) is 3.99. The summed E-state index contributed by atoms with van der Waals surface area (Å²) in [6.07, 6.45) is 5.76. The maximum atomic E-state index is 11.3. The Labute approximate surface area is 116 Å². The Balaban J connectivity index is 2.41. The second kappa shape index (κ2) is 5.21. The smallest absolute Gasteiger partial charge is 0.146 e. The zero-order valence-electron chi connectivity index (χ0n) is 10.6. The van der Waals surface area contributed by atoms with Crippen LogP contribution >= 0.6 is 15.9 Å². The van der Waals surface area contributed by atoms with Gasteiger partial charge in [0.05, 0.1) is 4.45 Å². The van der Waals surface area contributed by atoms with Gasteiger partial charge in [-0.1, -0.05) is 58.4 Å². The van der Waals surface area contributed by atoms with Crippen molar-refractivity contribution < 1.29 is 4.79 Å². The van der Waals surface area contributed by atoms with Gasteiger partial charge in [-0.15, -0.1) is 0 Å². The predicted molar refractivity (Wildman–Crippen MR) is 78.5 cm³/mol. The normalized spacial score (nSPS) is 23.6. The van der Waals surface area contributed by atoms with E-state index in [0.717, 1.165) is 23.0 Å². The highest BCUT2D eigenvalue weighted by atomic mass is 79.9. The number of alkyl halides is 1. The number of hydrogen-bond donors (Lipinski definition) is 0. The summed E-state index contributed by atoms with van der Waals surface area (Å²) in [6, 6.07) is 10.0. The highest BCUT2D eigenvalue weighted by Gasteiger charge is 2.31. The fourth-order valence-electron chi connectivity index (χ4n) is 2.05. The van der Waals surface area contributed by atoms with E-state index in [-0.39, 0.29) is 4.45 Å². The number of carbonyl (C=O) groups is 1. The summed E-state index contributed by atoms with van der Waals surface area (Å²) in [5.74, 6) is 0. The van der Waals surface area contributed by atoms with E-state index in [1.807, 2.05) is 50.5 Å². The van der Waals surface area contributed by atoms with Gasteiger partial charge in [0, 0.05) is 12.0 Å². The minimum atomic E-state index is -0.262. The Morgan fingerprint density at radius 1 is 1.28 bits per heavy atom. The van der Waals surface area contributed by atoms with Crippen LogP contribution in [0, 0.1) is 0 Å². The number of halogens is 1. The van der Waals surface area contributed by atoms with Gasteiger partial charge in [-0.25, -0.2) is 0 Å². The molecule has 94 valence electrons. The summed E-state index contributed by atoms with van der Waals surface area (Å²) in [6.45, 7) is 0. The van der Waals surface area contributed by atoms with Crippen molar-refractivity contribution in [3.8, 4) is 0 Å². The quantitative estimate of drug-likeness (QED) is 0.485. The van der Waals surface area contributed by atoms with Crippen LogP contribution in [0.2, 0.25) is 0 Å². The van der Waals surface area contributed by atoms with Crippen LogP contribution in [0.4, 0.5) is 0 Å². The predicted octanol–water partition coefficient (Wildman–Crippen LogP) is 3.25. The van der Waals surface area contributed by atoms with Gasteiger partial charge in [-0.05, 0) is 25.2 Å². The van der Waals surface area contributed by atoms with E-state index in [9.17, 15) is 4.79 Å². The van der Waals surface area contributed by atoms with Crippen molar-refractivity contribution in [1.82, 2.24) is 4.90 Å². The molecule has 0 heterocycles. The maximum absolute atomic E-state index is 11.3. The molecule has 0 fully saturated rings. The van der Waals surface area contributed by atoms with Crippen LogP contribution in [-0.2, 0) is 4.79 Å². The molecule has 0 saturated carbocycles. The van der Waals surface area contributed by atoms with Crippen molar-refractivity contribution in [2.45, 2.75) is 10.9 Å². The Morgan fingerprint density at radius 2 is 1.94 bits per heavy atom. The Hall–Kier alpha value is -1.19. The third-order valence-corrected chi connectivity index (χ3v) is 4.51. The lowest BCUT2D eigenvalue weighted by Crippen LogP contribution is -2.38. The molecular formula is C15H16BrNO. The Kier molecular flexibility index (Phi) is 3.83. The Bertz CT molecular complexity index is 504. The van der Waals surface area contributed by atoms with Gasteiger partial charge in [0.15, 0.2) is 0 Å². The molecule has 1 aliphatic carbocycles. The molecule has 1 aromatic carbocycles. The van der Waals surface area contributed by atoms with Crippen LogP contribution in [0.25, 0.3) is 5.57 Å². The van der Waals surface area contributed by atoms with Crippen molar-refractivity contribution in [3.05, 3.63) is 53.6 Å². The van der Waals surface area contributed by atoms with Crippen molar-refractivity contribution in [1.29, 1.82) is 0 Å². The molecule has 0 aromatic heterocycles. The van der Waals surface area contributed by atoms with Crippen LogP contribution < -0.4 is 0 Å². The largest absolute Gasteiger partial charge is 0.298 e. The third kappa shape index (κ3) is 2.47. The molecule has 1 atom stereocenters. The lowest BCUT2D eigenvalue weighted by Gasteiger charge is -2.34. The van der Waals surface area contributed by atoms with Crippen LogP contribution in [0.15, 0.2) is 48.1 Å². The van der Waals surface area contributed by atoms with E-state index < -0.39 is 0 Å². The van der Waals surface area contributed by atoms with Gasteiger partial charge in [-0.3, -0.25) is 9.69 Å². The van der Waals surface area contributed by atoms with Gasteiger partial charge in [-0.2, -0.15) is 0 Å². The topological polar surface area (TPSA) is 20.3 Å². The van der Waals surface area contributed by atoms with Crippen molar-refractivity contribution in [2.75, 3.05) is 14.1 Å². The van der Waals surface area contributed by atoms with Gasteiger partial charge in [0.25, 0.3) is 0 Å². The molecule has 0 radical (unpaired) electrons. The summed E-state index contributed by atoms with van der Waals surface area (Å²) in [4.78, 5) is 13.4. The number of hydrogen-bond acceptors (Lipinski definition) is 2. The molecule has 1 unspecified atom stereocenters. The summed E-state index contributed by atoms with van der Waals surface area (Å²) < 4.78 is -0.262. The lowest BCUT2D eigenvalue weighted by molar-refractivity contribution is -0.105. The summed E-state index contributed by atoms with van der Waals surface area (Å²) in [5, 5.41) is 0. The van der Waals surface area contributed by atoms with Gasteiger partial charge in [0.1, 0.15) is 6.29 Å². The molecule has 0 bridgehead atoms. The summed E-state index contributed by atoms with van der Waals surface area (Å²) in [5.41, 5.74) is 2.93. The first-order valence-corrected chi connectivity index (χ1v) is 6.65. The first-order chi connectivity index (χ1) is 8.57.